The minimum Gasteiger partial charge on any atom is -0.496 e. The Bertz CT molecular complexity index is 305. The lowest BCUT2D eigenvalue weighted by Gasteiger charge is -2.15. The van der Waals surface area contributed by atoms with Crippen LogP contribution < -0.4 is 10.5 Å². The predicted octanol–water partition coefficient (Wildman–Crippen LogP) is 2.33. The molecule has 0 heterocycles. The second-order valence-electron chi connectivity index (χ2n) is 3.49. The molecule has 0 radical (unpaired) electrons. The molecule has 0 spiro atoms. The van der Waals surface area contributed by atoms with Gasteiger partial charge in [-0.05, 0) is 38.0 Å². The minimum atomic E-state index is 0.0237. The van der Waals surface area contributed by atoms with Gasteiger partial charge in [-0.25, -0.2) is 0 Å². The molecule has 1 aromatic rings. The molecule has 0 aliphatic heterocycles. The molecular weight excluding hydrogens is 162 g/mol. The second kappa shape index (κ2) is 3.79. The predicted molar refractivity (Wildman–Crippen MR) is 55.1 cm³/mol. The third-order valence-electron chi connectivity index (χ3n) is 2.17. The van der Waals surface area contributed by atoms with Gasteiger partial charge in [-0.1, -0.05) is 6.07 Å². The average Bonchev–Trinajstić information content (AvgIpc) is 2.01. The van der Waals surface area contributed by atoms with Crippen molar-refractivity contribution in [1.29, 1.82) is 0 Å². The molecule has 1 rings (SSSR count). The van der Waals surface area contributed by atoms with E-state index in [1.54, 1.807) is 7.11 Å². The Morgan fingerprint density at radius 2 is 1.92 bits per heavy atom. The van der Waals surface area contributed by atoms with Crippen LogP contribution in [0, 0.1) is 13.8 Å². The maximum atomic E-state index is 5.86. The van der Waals surface area contributed by atoms with Crippen LogP contribution in [-0.2, 0) is 0 Å². The van der Waals surface area contributed by atoms with E-state index in [0.717, 1.165) is 11.3 Å². The first-order chi connectivity index (χ1) is 6.06. The van der Waals surface area contributed by atoms with Crippen LogP contribution in [0.15, 0.2) is 12.1 Å². The van der Waals surface area contributed by atoms with Crippen molar-refractivity contribution in [3.8, 4) is 5.75 Å². The molecule has 0 fully saturated rings. The van der Waals surface area contributed by atoms with Gasteiger partial charge in [0, 0.05) is 11.6 Å². The Hall–Kier alpha value is -1.02. The molecule has 1 atom stereocenters. The van der Waals surface area contributed by atoms with E-state index in [4.69, 9.17) is 10.5 Å². The van der Waals surface area contributed by atoms with E-state index in [0.29, 0.717) is 0 Å². The largest absolute Gasteiger partial charge is 0.496 e. The number of rotatable bonds is 2. The van der Waals surface area contributed by atoms with E-state index in [1.807, 2.05) is 13.0 Å². The Morgan fingerprint density at radius 1 is 1.31 bits per heavy atom. The van der Waals surface area contributed by atoms with Crippen LogP contribution >= 0.6 is 0 Å². The van der Waals surface area contributed by atoms with Crippen LogP contribution in [0.2, 0.25) is 0 Å². The third kappa shape index (κ3) is 2.01. The van der Waals surface area contributed by atoms with E-state index in [9.17, 15) is 0 Å². The first-order valence-corrected chi connectivity index (χ1v) is 4.47. The van der Waals surface area contributed by atoms with Crippen LogP contribution in [0.4, 0.5) is 0 Å². The molecular formula is C11H17NO. The van der Waals surface area contributed by atoms with Gasteiger partial charge in [0.15, 0.2) is 0 Å². The monoisotopic (exact) mass is 179 g/mol. The summed E-state index contributed by atoms with van der Waals surface area (Å²) in [5.41, 5.74) is 9.37. The van der Waals surface area contributed by atoms with Crippen molar-refractivity contribution in [2.45, 2.75) is 26.8 Å². The van der Waals surface area contributed by atoms with Crippen LogP contribution in [0.1, 0.15) is 29.7 Å². The normalized spacial score (nSPS) is 12.7. The van der Waals surface area contributed by atoms with Crippen molar-refractivity contribution >= 4 is 0 Å². The zero-order valence-electron chi connectivity index (χ0n) is 8.72. The molecule has 0 amide bonds. The topological polar surface area (TPSA) is 35.2 Å². The number of benzene rings is 1. The zero-order valence-corrected chi connectivity index (χ0v) is 8.72. The lowest BCUT2D eigenvalue weighted by Crippen LogP contribution is -2.09. The molecule has 2 nitrogen and oxygen atoms in total. The smallest absolute Gasteiger partial charge is 0.124 e. The number of methoxy groups -OCH3 is 1. The van der Waals surface area contributed by atoms with Gasteiger partial charge in [0.05, 0.1) is 7.11 Å². The van der Waals surface area contributed by atoms with Crippen molar-refractivity contribution in [2.75, 3.05) is 7.11 Å². The number of ether oxygens (including phenoxy) is 1. The number of aryl methyl sites for hydroxylation is 2. The SMILES string of the molecule is COc1cc(C)cc(C)c1[C@@H](C)N. The van der Waals surface area contributed by atoms with Gasteiger partial charge in [0.2, 0.25) is 0 Å². The van der Waals surface area contributed by atoms with Crippen LogP contribution in [0.25, 0.3) is 0 Å². The summed E-state index contributed by atoms with van der Waals surface area (Å²) in [5, 5.41) is 0. The average molecular weight is 179 g/mol. The number of nitrogens with two attached hydrogens (primary N) is 1. The zero-order chi connectivity index (χ0) is 10.0. The van der Waals surface area contributed by atoms with E-state index < -0.39 is 0 Å². The molecule has 0 saturated carbocycles. The van der Waals surface area contributed by atoms with Crippen molar-refractivity contribution in [1.82, 2.24) is 0 Å². The van der Waals surface area contributed by atoms with Gasteiger partial charge in [-0.15, -0.1) is 0 Å². The van der Waals surface area contributed by atoms with Crippen molar-refractivity contribution in [3.63, 3.8) is 0 Å². The summed E-state index contributed by atoms with van der Waals surface area (Å²) in [7, 11) is 1.68. The quantitative estimate of drug-likeness (QED) is 0.756. The highest BCUT2D eigenvalue weighted by Crippen LogP contribution is 2.28. The second-order valence-corrected chi connectivity index (χ2v) is 3.49. The van der Waals surface area contributed by atoms with Crippen molar-refractivity contribution in [3.05, 3.63) is 28.8 Å². The van der Waals surface area contributed by atoms with Crippen LogP contribution in [0.5, 0.6) is 5.75 Å². The molecule has 0 aliphatic rings. The fourth-order valence-electron chi connectivity index (χ4n) is 1.69. The molecule has 0 aromatic heterocycles. The number of hydrogen-bond acceptors (Lipinski definition) is 2. The highest BCUT2D eigenvalue weighted by atomic mass is 16.5. The van der Waals surface area contributed by atoms with Gasteiger partial charge >= 0.3 is 0 Å². The Balaban J connectivity index is 3.30. The first kappa shape index (κ1) is 10.1. The van der Waals surface area contributed by atoms with Gasteiger partial charge in [0.25, 0.3) is 0 Å². The molecule has 1 aromatic carbocycles. The van der Waals surface area contributed by atoms with Crippen molar-refractivity contribution < 1.29 is 4.74 Å². The fraction of sp³-hybridized carbons (Fsp3) is 0.455. The Kier molecular flexibility index (Phi) is 2.94. The molecule has 0 unspecified atom stereocenters. The summed E-state index contributed by atoms with van der Waals surface area (Å²) < 4.78 is 5.29. The Labute approximate surface area is 79.7 Å². The highest BCUT2D eigenvalue weighted by molar-refractivity contribution is 5.44. The molecule has 0 saturated heterocycles. The lowest BCUT2D eigenvalue weighted by molar-refractivity contribution is 0.406. The summed E-state index contributed by atoms with van der Waals surface area (Å²) in [6.07, 6.45) is 0. The minimum absolute atomic E-state index is 0.0237. The molecule has 0 aliphatic carbocycles. The standard InChI is InChI=1S/C11H17NO/c1-7-5-8(2)11(9(3)12)10(6-7)13-4/h5-6,9H,12H2,1-4H3/t9-/m1/s1. The summed E-state index contributed by atoms with van der Waals surface area (Å²) in [5.74, 6) is 0.896. The van der Waals surface area contributed by atoms with Gasteiger partial charge in [-0.2, -0.15) is 0 Å². The van der Waals surface area contributed by atoms with Gasteiger partial charge in [-0.3, -0.25) is 0 Å². The lowest BCUT2D eigenvalue weighted by atomic mass is 9.99. The first-order valence-electron chi connectivity index (χ1n) is 4.47. The molecule has 72 valence electrons. The third-order valence-corrected chi connectivity index (χ3v) is 2.17. The van der Waals surface area contributed by atoms with Crippen LogP contribution in [0.3, 0.4) is 0 Å². The summed E-state index contributed by atoms with van der Waals surface area (Å²) in [6, 6.07) is 4.17. The summed E-state index contributed by atoms with van der Waals surface area (Å²) in [4.78, 5) is 0. The van der Waals surface area contributed by atoms with E-state index in [2.05, 4.69) is 19.9 Å². The van der Waals surface area contributed by atoms with Crippen molar-refractivity contribution in [2.24, 2.45) is 5.73 Å². The summed E-state index contributed by atoms with van der Waals surface area (Å²) >= 11 is 0. The Morgan fingerprint density at radius 3 is 2.38 bits per heavy atom. The molecule has 2 N–H and O–H groups in total. The van der Waals surface area contributed by atoms with Crippen LogP contribution in [-0.4, -0.2) is 7.11 Å². The van der Waals surface area contributed by atoms with E-state index in [1.165, 1.54) is 11.1 Å². The van der Waals surface area contributed by atoms with Gasteiger partial charge < -0.3 is 10.5 Å². The van der Waals surface area contributed by atoms with E-state index >= 15 is 0 Å². The van der Waals surface area contributed by atoms with E-state index in [-0.39, 0.29) is 6.04 Å². The molecule has 13 heavy (non-hydrogen) atoms. The molecule has 2 heteroatoms. The number of hydrogen-bond donors (Lipinski definition) is 1. The maximum Gasteiger partial charge on any atom is 0.124 e. The highest BCUT2D eigenvalue weighted by Gasteiger charge is 2.10. The fourth-order valence-corrected chi connectivity index (χ4v) is 1.69. The van der Waals surface area contributed by atoms with Gasteiger partial charge in [0.1, 0.15) is 5.75 Å². The maximum absolute atomic E-state index is 5.86. The summed E-state index contributed by atoms with van der Waals surface area (Å²) in [6.45, 7) is 6.09. The molecule has 0 bridgehead atoms.